The third-order valence-corrected chi connectivity index (χ3v) is 2.60. The Morgan fingerprint density at radius 3 is 2.65 bits per heavy atom. The number of hydrogen-bond acceptors (Lipinski definition) is 4. The molecule has 2 rings (SSSR count). The zero-order valence-electron chi connectivity index (χ0n) is 9.85. The van der Waals surface area contributed by atoms with E-state index in [1.54, 1.807) is 6.07 Å². The Kier molecular flexibility index (Phi) is 4.09. The predicted octanol–water partition coefficient (Wildman–Crippen LogP) is 3.50. The van der Waals surface area contributed by atoms with Gasteiger partial charge in [-0.1, -0.05) is 17.7 Å². The van der Waals surface area contributed by atoms with Crippen LogP contribution >= 0.6 is 11.6 Å². The summed E-state index contributed by atoms with van der Waals surface area (Å²) in [6.45, 7) is -0.0711. The van der Waals surface area contributed by atoms with Crippen LogP contribution in [0.5, 0.6) is 5.75 Å². The van der Waals surface area contributed by atoms with E-state index in [0.717, 1.165) is 0 Å². The van der Waals surface area contributed by atoms with Crippen molar-refractivity contribution in [2.75, 3.05) is 0 Å². The monoisotopic (exact) mass is 300 g/mol. The van der Waals surface area contributed by atoms with Gasteiger partial charge in [-0.3, -0.25) is 10.1 Å². The summed E-state index contributed by atoms with van der Waals surface area (Å²) >= 11 is 5.60. The van der Waals surface area contributed by atoms with Crippen molar-refractivity contribution in [3.05, 3.63) is 62.9 Å². The molecule has 0 unspecified atom stereocenters. The number of rotatable bonds is 4. The van der Waals surface area contributed by atoms with Gasteiger partial charge in [0.25, 0.3) is 0 Å². The number of nitrogens with zero attached hydrogens (tertiary/aromatic N) is 2. The molecule has 0 atom stereocenters. The first-order valence-corrected chi connectivity index (χ1v) is 5.72. The molecule has 0 fully saturated rings. The van der Waals surface area contributed by atoms with E-state index in [1.165, 1.54) is 12.3 Å². The number of pyridine rings is 1. The molecule has 0 aliphatic carbocycles. The molecule has 0 saturated heterocycles. The number of benzene rings is 1. The molecular weight excluding hydrogens is 294 g/mol. The van der Waals surface area contributed by atoms with Crippen LogP contribution in [0.25, 0.3) is 0 Å². The number of nitro benzene ring substituents is 1. The molecule has 1 heterocycles. The standard InChI is InChI=1S/C12H7ClF2N2O3/c13-12-2-1-7(5-16-12)6-20-11-4-8(14)10(17(18)19)3-9(11)15/h1-5H,6H2. The van der Waals surface area contributed by atoms with E-state index < -0.39 is 28.0 Å². The quantitative estimate of drug-likeness (QED) is 0.492. The van der Waals surface area contributed by atoms with Crippen LogP contribution in [0.15, 0.2) is 30.5 Å². The number of halogens is 3. The van der Waals surface area contributed by atoms with Crippen molar-refractivity contribution in [2.45, 2.75) is 6.61 Å². The Balaban J connectivity index is 2.16. The minimum atomic E-state index is -1.17. The lowest BCUT2D eigenvalue weighted by Crippen LogP contribution is -2.00. The number of ether oxygens (including phenoxy) is 1. The predicted molar refractivity (Wildman–Crippen MR) is 66.6 cm³/mol. The van der Waals surface area contributed by atoms with Crippen LogP contribution in [0, 0.1) is 21.7 Å². The summed E-state index contributed by atoms with van der Waals surface area (Å²) in [4.78, 5) is 13.2. The van der Waals surface area contributed by atoms with Gasteiger partial charge in [0.05, 0.1) is 11.0 Å². The fourth-order valence-corrected chi connectivity index (χ4v) is 1.53. The van der Waals surface area contributed by atoms with Crippen LogP contribution < -0.4 is 4.74 Å². The smallest absolute Gasteiger partial charge is 0.307 e. The van der Waals surface area contributed by atoms with Gasteiger partial charge in [0, 0.05) is 17.8 Å². The maximum Gasteiger partial charge on any atom is 0.307 e. The van der Waals surface area contributed by atoms with Crippen LogP contribution in [-0.4, -0.2) is 9.91 Å². The topological polar surface area (TPSA) is 65.3 Å². The van der Waals surface area contributed by atoms with Crippen LogP contribution in [0.2, 0.25) is 5.15 Å². The lowest BCUT2D eigenvalue weighted by molar-refractivity contribution is -0.387. The Morgan fingerprint density at radius 1 is 1.30 bits per heavy atom. The first kappa shape index (κ1) is 14.1. The summed E-state index contributed by atoms with van der Waals surface area (Å²) in [5.41, 5.74) is -0.351. The fraction of sp³-hybridized carbons (Fsp3) is 0.0833. The molecule has 8 heteroatoms. The molecule has 0 spiro atoms. The molecule has 0 saturated carbocycles. The number of nitro groups is 1. The summed E-state index contributed by atoms with van der Waals surface area (Å²) in [6, 6.07) is 4.24. The van der Waals surface area contributed by atoms with Gasteiger partial charge in [0.2, 0.25) is 5.82 Å². The van der Waals surface area contributed by atoms with E-state index in [0.29, 0.717) is 22.8 Å². The van der Waals surface area contributed by atoms with Gasteiger partial charge in [-0.2, -0.15) is 4.39 Å². The molecule has 0 aliphatic rings. The highest BCUT2D eigenvalue weighted by Gasteiger charge is 2.19. The fourth-order valence-electron chi connectivity index (χ4n) is 1.42. The Hall–Kier alpha value is -2.28. The second kappa shape index (κ2) is 5.79. The highest BCUT2D eigenvalue weighted by Crippen LogP contribution is 2.26. The van der Waals surface area contributed by atoms with Crippen molar-refractivity contribution in [1.82, 2.24) is 4.98 Å². The Bertz CT molecular complexity index is 650. The largest absolute Gasteiger partial charge is 0.486 e. The molecule has 0 N–H and O–H groups in total. The van der Waals surface area contributed by atoms with Gasteiger partial charge >= 0.3 is 5.69 Å². The second-order valence-corrected chi connectivity index (χ2v) is 4.16. The summed E-state index contributed by atoms with van der Waals surface area (Å²) in [6.07, 6.45) is 1.42. The zero-order chi connectivity index (χ0) is 14.7. The third kappa shape index (κ3) is 3.18. The molecule has 104 valence electrons. The molecule has 0 amide bonds. The average molecular weight is 301 g/mol. The highest BCUT2D eigenvalue weighted by atomic mass is 35.5. The van der Waals surface area contributed by atoms with Crippen molar-refractivity contribution in [3.8, 4) is 5.75 Å². The summed E-state index contributed by atoms with van der Waals surface area (Å²) < 4.78 is 31.9. The molecule has 1 aromatic carbocycles. The van der Waals surface area contributed by atoms with Gasteiger partial charge in [0.1, 0.15) is 11.8 Å². The van der Waals surface area contributed by atoms with E-state index in [4.69, 9.17) is 16.3 Å². The molecule has 1 aromatic heterocycles. The lowest BCUT2D eigenvalue weighted by atomic mass is 10.2. The maximum absolute atomic E-state index is 13.5. The maximum atomic E-state index is 13.5. The summed E-state index contributed by atoms with van der Waals surface area (Å²) in [7, 11) is 0. The van der Waals surface area contributed by atoms with Crippen molar-refractivity contribution in [2.24, 2.45) is 0 Å². The number of hydrogen-bond donors (Lipinski definition) is 0. The van der Waals surface area contributed by atoms with E-state index in [2.05, 4.69) is 4.98 Å². The average Bonchev–Trinajstić information content (AvgIpc) is 2.41. The van der Waals surface area contributed by atoms with Crippen LogP contribution in [0.1, 0.15) is 5.56 Å². The molecule has 2 aromatic rings. The molecular formula is C12H7ClF2N2O3. The first-order chi connectivity index (χ1) is 9.47. The lowest BCUT2D eigenvalue weighted by Gasteiger charge is -2.07. The van der Waals surface area contributed by atoms with Crippen molar-refractivity contribution in [1.29, 1.82) is 0 Å². The van der Waals surface area contributed by atoms with Crippen LogP contribution in [-0.2, 0) is 6.61 Å². The molecule has 5 nitrogen and oxygen atoms in total. The summed E-state index contributed by atoms with van der Waals surface area (Å²) in [5, 5.41) is 10.7. The van der Waals surface area contributed by atoms with E-state index in [1.807, 2.05) is 0 Å². The zero-order valence-corrected chi connectivity index (χ0v) is 10.6. The van der Waals surface area contributed by atoms with Gasteiger partial charge < -0.3 is 4.74 Å². The van der Waals surface area contributed by atoms with Gasteiger partial charge in [-0.05, 0) is 6.07 Å². The Morgan fingerprint density at radius 2 is 2.05 bits per heavy atom. The van der Waals surface area contributed by atoms with Crippen molar-refractivity contribution in [3.63, 3.8) is 0 Å². The molecule has 0 radical (unpaired) electrons. The van der Waals surface area contributed by atoms with Crippen LogP contribution in [0.4, 0.5) is 14.5 Å². The Labute approximate surface area is 116 Å². The van der Waals surface area contributed by atoms with Crippen molar-refractivity contribution < 1.29 is 18.4 Å². The SMILES string of the molecule is O=[N+]([O-])c1cc(F)c(OCc2ccc(Cl)nc2)cc1F. The van der Waals surface area contributed by atoms with E-state index in [9.17, 15) is 18.9 Å². The summed E-state index contributed by atoms with van der Waals surface area (Å²) in [5.74, 6) is -2.59. The van der Waals surface area contributed by atoms with Gasteiger partial charge in [0.15, 0.2) is 11.6 Å². The molecule has 20 heavy (non-hydrogen) atoms. The molecule has 0 aliphatic heterocycles. The first-order valence-electron chi connectivity index (χ1n) is 5.34. The second-order valence-electron chi connectivity index (χ2n) is 3.77. The molecule has 0 bridgehead atoms. The van der Waals surface area contributed by atoms with Gasteiger partial charge in [-0.15, -0.1) is 0 Å². The normalized spacial score (nSPS) is 10.3. The minimum absolute atomic E-state index is 0.0711. The van der Waals surface area contributed by atoms with E-state index in [-0.39, 0.29) is 6.61 Å². The van der Waals surface area contributed by atoms with Crippen LogP contribution in [0.3, 0.4) is 0 Å². The number of aromatic nitrogens is 1. The van der Waals surface area contributed by atoms with E-state index >= 15 is 0 Å². The van der Waals surface area contributed by atoms with Crippen molar-refractivity contribution >= 4 is 17.3 Å². The third-order valence-electron chi connectivity index (χ3n) is 2.38. The minimum Gasteiger partial charge on any atom is -0.486 e. The highest BCUT2D eigenvalue weighted by molar-refractivity contribution is 6.29. The van der Waals surface area contributed by atoms with Gasteiger partial charge in [-0.25, -0.2) is 9.37 Å².